The molecule has 0 spiro atoms. The summed E-state index contributed by atoms with van der Waals surface area (Å²) < 4.78 is 2.59. The smallest absolute Gasteiger partial charge is 0.306 e. The molecule has 100 valence electrons. The molecule has 0 aliphatic carbocycles. The van der Waals surface area contributed by atoms with Crippen LogP contribution in [0.5, 0.6) is 0 Å². The molecular weight excluding hydrogens is 388 g/mol. The molecule has 20 heavy (non-hydrogen) atoms. The Kier molecular flexibility index (Phi) is 3.35. The topological polar surface area (TPSA) is 54.9 Å². The van der Waals surface area contributed by atoms with Crippen molar-refractivity contribution < 1.29 is 0 Å². The van der Waals surface area contributed by atoms with Gasteiger partial charge in [-0.25, -0.2) is 9.36 Å². The maximum absolute atomic E-state index is 12.6. The fourth-order valence-corrected chi connectivity index (χ4v) is 2.86. The van der Waals surface area contributed by atoms with Gasteiger partial charge >= 0.3 is 5.69 Å². The van der Waals surface area contributed by atoms with Crippen LogP contribution in [0.25, 0.3) is 16.6 Å². The number of benzene rings is 2. The predicted octanol–water partition coefficient (Wildman–Crippen LogP) is 3.20. The summed E-state index contributed by atoms with van der Waals surface area (Å²) in [7, 11) is 0. The van der Waals surface area contributed by atoms with Crippen molar-refractivity contribution in [1.82, 2.24) is 9.55 Å². The Morgan fingerprint density at radius 1 is 1.00 bits per heavy atom. The molecule has 3 aromatic rings. The van der Waals surface area contributed by atoms with Crippen molar-refractivity contribution >= 4 is 42.8 Å². The fourth-order valence-electron chi connectivity index (χ4n) is 2.04. The molecule has 0 aliphatic rings. The van der Waals surface area contributed by atoms with Crippen molar-refractivity contribution in [2.45, 2.75) is 0 Å². The molecule has 0 aliphatic heterocycles. The van der Waals surface area contributed by atoms with Gasteiger partial charge in [0.1, 0.15) is 0 Å². The van der Waals surface area contributed by atoms with Crippen LogP contribution in [-0.4, -0.2) is 9.55 Å². The van der Waals surface area contributed by atoms with Crippen LogP contribution >= 0.6 is 31.9 Å². The Balaban J connectivity index is 2.46. The molecule has 1 heterocycles. The van der Waals surface area contributed by atoms with E-state index in [1.807, 2.05) is 6.07 Å². The third kappa shape index (κ3) is 2.14. The highest BCUT2D eigenvalue weighted by Crippen LogP contribution is 2.19. The minimum absolute atomic E-state index is 0.350. The number of hydrogen-bond acceptors (Lipinski definition) is 2. The molecule has 0 radical (unpaired) electrons. The van der Waals surface area contributed by atoms with Crippen LogP contribution in [0, 0.1) is 0 Å². The lowest BCUT2D eigenvalue weighted by Crippen LogP contribution is -2.33. The number of hydrogen-bond donors (Lipinski definition) is 1. The van der Waals surface area contributed by atoms with Crippen LogP contribution in [0.3, 0.4) is 0 Å². The van der Waals surface area contributed by atoms with Crippen LogP contribution < -0.4 is 11.2 Å². The molecule has 2 aromatic carbocycles. The van der Waals surface area contributed by atoms with Crippen LogP contribution in [0.15, 0.2) is 61.0 Å². The largest absolute Gasteiger partial charge is 0.333 e. The number of nitrogens with zero attached hydrogens (tertiary/aromatic N) is 1. The minimum atomic E-state index is -0.461. The Bertz CT molecular complexity index is 928. The molecule has 0 saturated carbocycles. The monoisotopic (exact) mass is 394 g/mol. The third-order valence-electron chi connectivity index (χ3n) is 2.95. The van der Waals surface area contributed by atoms with Crippen molar-refractivity contribution in [3.8, 4) is 5.69 Å². The van der Waals surface area contributed by atoms with Crippen molar-refractivity contribution in [2.24, 2.45) is 0 Å². The molecule has 6 heteroatoms. The van der Waals surface area contributed by atoms with Gasteiger partial charge in [-0.3, -0.25) is 4.79 Å². The summed E-state index contributed by atoms with van der Waals surface area (Å²) in [6.07, 6.45) is 0. The molecule has 0 saturated heterocycles. The van der Waals surface area contributed by atoms with E-state index in [0.29, 0.717) is 21.1 Å². The molecule has 4 nitrogen and oxygen atoms in total. The van der Waals surface area contributed by atoms with Crippen molar-refractivity contribution in [2.75, 3.05) is 0 Å². The summed E-state index contributed by atoms with van der Waals surface area (Å²) in [5.74, 6) is 0. The van der Waals surface area contributed by atoms with Crippen LogP contribution in [0.2, 0.25) is 0 Å². The number of rotatable bonds is 1. The van der Waals surface area contributed by atoms with Crippen LogP contribution in [-0.2, 0) is 0 Å². The summed E-state index contributed by atoms with van der Waals surface area (Å²) in [5.41, 5.74) is 0.223. The first-order valence-corrected chi connectivity index (χ1v) is 7.36. The Morgan fingerprint density at radius 2 is 1.75 bits per heavy atom. The van der Waals surface area contributed by atoms with E-state index in [-0.39, 0.29) is 5.56 Å². The Labute approximate surface area is 130 Å². The van der Waals surface area contributed by atoms with Gasteiger partial charge < -0.3 is 4.98 Å². The molecule has 1 N–H and O–H groups in total. The van der Waals surface area contributed by atoms with E-state index in [1.165, 1.54) is 0 Å². The number of halogens is 2. The lowest BCUT2D eigenvalue weighted by molar-refractivity contribution is 0.897. The van der Waals surface area contributed by atoms with E-state index in [0.717, 1.165) is 9.04 Å². The average Bonchev–Trinajstić information content (AvgIpc) is 2.42. The fraction of sp³-hybridized carbons (Fsp3) is 0. The van der Waals surface area contributed by atoms with E-state index in [2.05, 4.69) is 36.8 Å². The molecule has 0 bridgehead atoms. The molecule has 0 fully saturated rings. The Hall–Kier alpha value is -1.66. The second-order valence-electron chi connectivity index (χ2n) is 4.21. The first-order valence-electron chi connectivity index (χ1n) is 5.77. The van der Waals surface area contributed by atoms with Crippen molar-refractivity contribution in [1.29, 1.82) is 0 Å². The predicted molar refractivity (Wildman–Crippen MR) is 85.6 cm³/mol. The third-order valence-corrected chi connectivity index (χ3v) is 4.12. The highest BCUT2D eigenvalue weighted by Gasteiger charge is 2.11. The number of fused-ring (bicyclic) bond motifs is 1. The maximum Gasteiger partial charge on any atom is 0.333 e. The number of aromatic nitrogens is 2. The van der Waals surface area contributed by atoms with Gasteiger partial charge in [0.05, 0.1) is 16.6 Å². The zero-order valence-electron chi connectivity index (χ0n) is 10.1. The van der Waals surface area contributed by atoms with Gasteiger partial charge in [-0.15, -0.1) is 0 Å². The van der Waals surface area contributed by atoms with Gasteiger partial charge in [-0.2, -0.15) is 0 Å². The van der Waals surface area contributed by atoms with Crippen LogP contribution in [0.1, 0.15) is 0 Å². The van der Waals surface area contributed by atoms with E-state index in [1.54, 1.807) is 36.4 Å². The second-order valence-corrected chi connectivity index (χ2v) is 5.98. The van der Waals surface area contributed by atoms with E-state index in [4.69, 9.17) is 0 Å². The molecule has 0 unspecified atom stereocenters. The maximum atomic E-state index is 12.6. The van der Waals surface area contributed by atoms with Gasteiger partial charge in [-0.05, 0) is 46.3 Å². The zero-order chi connectivity index (χ0) is 14.3. The van der Waals surface area contributed by atoms with Crippen LogP contribution in [0.4, 0.5) is 0 Å². The molecule has 0 amide bonds. The van der Waals surface area contributed by atoms with E-state index < -0.39 is 5.69 Å². The van der Waals surface area contributed by atoms with Gasteiger partial charge in [0.15, 0.2) is 0 Å². The van der Waals surface area contributed by atoms with Crippen molar-refractivity contribution in [3.05, 3.63) is 72.2 Å². The average molecular weight is 396 g/mol. The molecular formula is C14H8Br2N2O2. The second kappa shape index (κ2) is 5.03. The zero-order valence-corrected chi connectivity index (χ0v) is 13.2. The van der Waals surface area contributed by atoms with Gasteiger partial charge in [0.25, 0.3) is 5.56 Å². The number of aromatic amines is 1. The van der Waals surface area contributed by atoms with Crippen molar-refractivity contribution in [3.63, 3.8) is 0 Å². The number of para-hydroxylation sites is 1. The molecule has 3 rings (SSSR count). The Morgan fingerprint density at radius 3 is 2.50 bits per heavy atom. The molecule has 0 atom stereocenters. The van der Waals surface area contributed by atoms with Gasteiger partial charge in [0, 0.05) is 8.95 Å². The van der Waals surface area contributed by atoms with Gasteiger partial charge in [0.2, 0.25) is 0 Å². The SMILES string of the molecule is O=c1[nH]c2ccc(Br)cc2c(=O)n1-c1ccccc1Br. The number of nitrogens with one attached hydrogen (secondary N) is 1. The van der Waals surface area contributed by atoms with E-state index in [9.17, 15) is 9.59 Å². The molecule has 1 aromatic heterocycles. The number of H-pyrrole nitrogens is 1. The summed E-state index contributed by atoms with van der Waals surface area (Å²) in [6, 6.07) is 12.3. The summed E-state index contributed by atoms with van der Waals surface area (Å²) in [4.78, 5) is 27.4. The highest BCUT2D eigenvalue weighted by atomic mass is 79.9. The van der Waals surface area contributed by atoms with E-state index >= 15 is 0 Å². The summed E-state index contributed by atoms with van der Waals surface area (Å²) in [5, 5.41) is 0.453. The highest BCUT2D eigenvalue weighted by molar-refractivity contribution is 9.10. The lowest BCUT2D eigenvalue weighted by atomic mass is 10.2. The first-order chi connectivity index (χ1) is 9.58. The lowest BCUT2D eigenvalue weighted by Gasteiger charge is -2.08. The van der Waals surface area contributed by atoms with Gasteiger partial charge in [-0.1, -0.05) is 28.1 Å². The normalized spacial score (nSPS) is 10.9. The quantitative estimate of drug-likeness (QED) is 0.687. The standard InChI is InChI=1S/C14H8Br2N2O2/c15-8-5-6-11-9(7-8)13(19)18(14(20)17-11)12-4-2-1-3-10(12)16/h1-7H,(H,17,20). The first kappa shape index (κ1) is 13.3. The summed E-state index contributed by atoms with van der Waals surface area (Å²) >= 11 is 6.69. The summed E-state index contributed by atoms with van der Waals surface area (Å²) in [6.45, 7) is 0. The minimum Gasteiger partial charge on any atom is -0.306 e.